The van der Waals surface area contributed by atoms with Crippen LogP contribution in [-0.2, 0) is 9.53 Å². The van der Waals surface area contributed by atoms with E-state index in [1.165, 1.54) is 0 Å². The lowest BCUT2D eigenvalue weighted by Crippen LogP contribution is -2.22. The first-order valence-corrected chi connectivity index (χ1v) is 5.74. The molecule has 1 heterocycles. The van der Waals surface area contributed by atoms with Gasteiger partial charge in [0.05, 0.1) is 12.1 Å². The number of rotatable bonds is 4. The minimum atomic E-state index is -0.401. The van der Waals surface area contributed by atoms with Crippen molar-refractivity contribution in [1.82, 2.24) is 15.0 Å². The van der Waals surface area contributed by atoms with Crippen molar-refractivity contribution < 1.29 is 9.53 Å². The van der Waals surface area contributed by atoms with Crippen molar-refractivity contribution in [3.8, 4) is 0 Å². The topological polar surface area (TPSA) is 57.0 Å². The van der Waals surface area contributed by atoms with Gasteiger partial charge >= 0.3 is 5.97 Å². The van der Waals surface area contributed by atoms with Crippen molar-refractivity contribution in [3.63, 3.8) is 0 Å². The average molecular weight is 233 g/mol. The molecule has 5 nitrogen and oxygen atoms in total. The van der Waals surface area contributed by atoms with Crippen LogP contribution in [0.15, 0.2) is 24.3 Å². The molecule has 1 unspecified atom stereocenters. The number of carbonyl (C=O) groups excluding carboxylic acids is 1. The van der Waals surface area contributed by atoms with Crippen molar-refractivity contribution in [3.05, 3.63) is 24.3 Å². The van der Waals surface area contributed by atoms with E-state index in [9.17, 15) is 4.79 Å². The monoisotopic (exact) mass is 233 g/mol. The smallest absolute Gasteiger partial charge is 0.331 e. The van der Waals surface area contributed by atoms with Crippen LogP contribution in [-0.4, -0.2) is 27.6 Å². The molecule has 0 aliphatic heterocycles. The first kappa shape index (κ1) is 11.6. The molecule has 0 aliphatic rings. The largest absolute Gasteiger partial charge is 0.464 e. The predicted molar refractivity (Wildman–Crippen MR) is 63.5 cm³/mol. The maximum absolute atomic E-state index is 11.8. The Morgan fingerprint density at radius 1 is 1.41 bits per heavy atom. The second kappa shape index (κ2) is 4.95. The summed E-state index contributed by atoms with van der Waals surface area (Å²) in [4.78, 5) is 11.8. The van der Waals surface area contributed by atoms with Crippen molar-refractivity contribution in [2.24, 2.45) is 0 Å². The van der Waals surface area contributed by atoms with Gasteiger partial charge in [0.1, 0.15) is 5.52 Å². The van der Waals surface area contributed by atoms with Gasteiger partial charge in [-0.25, -0.2) is 9.48 Å². The Balaban J connectivity index is 2.40. The van der Waals surface area contributed by atoms with Crippen LogP contribution in [0.25, 0.3) is 11.0 Å². The summed E-state index contributed by atoms with van der Waals surface area (Å²) >= 11 is 0. The van der Waals surface area contributed by atoms with Crippen LogP contribution in [0.1, 0.15) is 26.3 Å². The molecular weight excluding hydrogens is 218 g/mol. The van der Waals surface area contributed by atoms with Crippen LogP contribution < -0.4 is 0 Å². The lowest BCUT2D eigenvalue weighted by Gasteiger charge is -2.13. The number of benzene rings is 1. The number of hydrogen-bond acceptors (Lipinski definition) is 4. The van der Waals surface area contributed by atoms with Gasteiger partial charge in [0.15, 0.2) is 6.04 Å². The molecule has 2 rings (SSSR count). The number of aromatic nitrogens is 3. The summed E-state index contributed by atoms with van der Waals surface area (Å²) in [5, 5.41) is 8.07. The second-order valence-corrected chi connectivity index (χ2v) is 3.70. The molecule has 0 saturated carbocycles. The third-order valence-electron chi connectivity index (χ3n) is 2.62. The van der Waals surface area contributed by atoms with E-state index < -0.39 is 6.04 Å². The van der Waals surface area contributed by atoms with Gasteiger partial charge < -0.3 is 4.74 Å². The van der Waals surface area contributed by atoms with E-state index in [-0.39, 0.29) is 5.97 Å². The van der Waals surface area contributed by atoms with Crippen molar-refractivity contribution >= 4 is 17.0 Å². The molecule has 5 heteroatoms. The molecular formula is C12H15N3O2. The van der Waals surface area contributed by atoms with Crippen molar-refractivity contribution in [2.75, 3.05) is 6.61 Å². The Morgan fingerprint density at radius 2 is 2.18 bits per heavy atom. The van der Waals surface area contributed by atoms with Crippen LogP contribution in [0.4, 0.5) is 0 Å². The van der Waals surface area contributed by atoms with E-state index in [4.69, 9.17) is 4.74 Å². The highest BCUT2D eigenvalue weighted by Gasteiger charge is 2.22. The Kier molecular flexibility index (Phi) is 3.37. The number of para-hydroxylation sites is 1. The summed E-state index contributed by atoms with van der Waals surface area (Å²) in [6.07, 6.45) is 0.631. The van der Waals surface area contributed by atoms with Crippen LogP contribution in [0, 0.1) is 0 Å². The lowest BCUT2D eigenvalue weighted by molar-refractivity contribution is -0.147. The first-order valence-electron chi connectivity index (χ1n) is 5.74. The van der Waals surface area contributed by atoms with Crippen LogP contribution in [0.3, 0.4) is 0 Å². The lowest BCUT2D eigenvalue weighted by atomic mass is 10.2. The van der Waals surface area contributed by atoms with Crippen LogP contribution >= 0.6 is 0 Å². The molecule has 1 atom stereocenters. The van der Waals surface area contributed by atoms with Gasteiger partial charge in [-0.3, -0.25) is 0 Å². The highest BCUT2D eigenvalue weighted by Crippen LogP contribution is 2.19. The summed E-state index contributed by atoms with van der Waals surface area (Å²) in [7, 11) is 0. The van der Waals surface area contributed by atoms with E-state index >= 15 is 0 Å². The van der Waals surface area contributed by atoms with E-state index in [0.717, 1.165) is 11.0 Å². The van der Waals surface area contributed by atoms with Gasteiger partial charge in [0.25, 0.3) is 0 Å². The van der Waals surface area contributed by atoms with E-state index in [0.29, 0.717) is 13.0 Å². The number of carbonyl (C=O) groups is 1. The summed E-state index contributed by atoms with van der Waals surface area (Å²) in [5.74, 6) is -0.259. The van der Waals surface area contributed by atoms with Crippen molar-refractivity contribution in [2.45, 2.75) is 26.3 Å². The van der Waals surface area contributed by atoms with Gasteiger partial charge in [-0.2, -0.15) is 0 Å². The average Bonchev–Trinajstić information content (AvgIpc) is 2.75. The van der Waals surface area contributed by atoms with Crippen LogP contribution in [0.2, 0.25) is 0 Å². The quantitative estimate of drug-likeness (QED) is 0.757. The molecule has 0 amide bonds. The van der Waals surface area contributed by atoms with Gasteiger partial charge in [-0.05, 0) is 25.5 Å². The normalized spacial score (nSPS) is 12.6. The van der Waals surface area contributed by atoms with E-state index in [1.807, 2.05) is 31.2 Å². The van der Waals surface area contributed by atoms with Gasteiger partial charge in [0, 0.05) is 0 Å². The molecule has 90 valence electrons. The summed E-state index contributed by atoms with van der Waals surface area (Å²) in [6.45, 7) is 4.10. The standard InChI is InChI=1S/C12H15N3O2/c1-3-10(12(16)17-4-2)15-11-8-6-5-7-9(11)13-14-15/h5-8,10H,3-4H2,1-2H3. The highest BCUT2D eigenvalue weighted by molar-refractivity contribution is 5.79. The second-order valence-electron chi connectivity index (χ2n) is 3.70. The maximum atomic E-state index is 11.8. The number of esters is 1. The Labute approximate surface area is 99.4 Å². The maximum Gasteiger partial charge on any atom is 0.331 e. The highest BCUT2D eigenvalue weighted by atomic mass is 16.5. The fraction of sp³-hybridized carbons (Fsp3) is 0.417. The molecule has 0 radical (unpaired) electrons. The third kappa shape index (κ3) is 2.13. The minimum absolute atomic E-state index is 0.259. The van der Waals surface area contributed by atoms with Crippen LogP contribution in [0.5, 0.6) is 0 Å². The zero-order chi connectivity index (χ0) is 12.3. The molecule has 1 aromatic carbocycles. The number of fused-ring (bicyclic) bond motifs is 1. The van der Waals surface area contributed by atoms with Crippen molar-refractivity contribution in [1.29, 1.82) is 0 Å². The fourth-order valence-electron chi connectivity index (χ4n) is 1.80. The molecule has 0 N–H and O–H groups in total. The molecule has 0 saturated heterocycles. The Hall–Kier alpha value is -1.91. The molecule has 2 aromatic rings. The fourth-order valence-corrected chi connectivity index (χ4v) is 1.80. The SMILES string of the molecule is CCOC(=O)C(CC)n1nnc2ccccc21. The molecule has 17 heavy (non-hydrogen) atoms. The van der Waals surface area contributed by atoms with Gasteiger partial charge in [-0.1, -0.05) is 24.3 Å². The molecule has 0 bridgehead atoms. The molecule has 1 aromatic heterocycles. The van der Waals surface area contributed by atoms with E-state index in [2.05, 4.69) is 10.3 Å². The molecule has 0 aliphatic carbocycles. The predicted octanol–water partition coefficient (Wildman–Crippen LogP) is 1.95. The third-order valence-corrected chi connectivity index (χ3v) is 2.62. The summed E-state index contributed by atoms with van der Waals surface area (Å²) < 4.78 is 6.67. The van der Waals surface area contributed by atoms with Gasteiger partial charge in [-0.15, -0.1) is 5.10 Å². The number of nitrogens with zero attached hydrogens (tertiary/aromatic N) is 3. The minimum Gasteiger partial charge on any atom is -0.464 e. The Morgan fingerprint density at radius 3 is 2.88 bits per heavy atom. The zero-order valence-corrected chi connectivity index (χ0v) is 9.96. The molecule has 0 fully saturated rings. The number of ether oxygens (including phenoxy) is 1. The first-order chi connectivity index (χ1) is 8.27. The summed E-state index contributed by atoms with van der Waals surface area (Å²) in [6, 6.07) is 7.17. The zero-order valence-electron chi connectivity index (χ0n) is 9.96. The van der Waals surface area contributed by atoms with E-state index in [1.54, 1.807) is 11.6 Å². The Bertz CT molecular complexity index is 521. The molecule has 0 spiro atoms. The summed E-state index contributed by atoms with van der Waals surface area (Å²) in [5.41, 5.74) is 1.64. The van der Waals surface area contributed by atoms with Gasteiger partial charge in [0.2, 0.25) is 0 Å². The number of hydrogen-bond donors (Lipinski definition) is 0.